The molecule has 0 spiro atoms. The number of sulfonamides is 1. The summed E-state index contributed by atoms with van der Waals surface area (Å²) in [6.07, 6.45) is 7.59. The predicted octanol–water partition coefficient (Wildman–Crippen LogP) is 3.72. The standard InChI is InChI=1S/C14H19ClN2O2S/c15-12-8-10-14(11-9-12)20(18,19)17-16-13-6-4-2-1-3-5-7-13/h8-11,17H,1-7H2. The van der Waals surface area contributed by atoms with Gasteiger partial charge in [-0.05, 0) is 49.9 Å². The Balaban J connectivity index is 2.05. The molecule has 20 heavy (non-hydrogen) atoms. The van der Waals surface area contributed by atoms with Crippen molar-refractivity contribution in [2.24, 2.45) is 5.10 Å². The average molecular weight is 315 g/mol. The fourth-order valence-electron chi connectivity index (χ4n) is 2.22. The largest absolute Gasteiger partial charge is 0.276 e. The van der Waals surface area contributed by atoms with Crippen molar-refractivity contribution >= 4 is 27.3 Å². The Kier molecular flexibility index (Phi) is 5.43. The maximum atomic E-state index is 12.1. The number of halogens is 1. The molecule has 1 aromatic rings. The fourth-order valence-corrected chi connectivity index (χ4v) is 3.19. The number of benzene rings is 1. The lowest BCUT2D eigenvalue weighted by atomic mass is 9.99. The van der Waals surface area contributed by atoms with Gasteiger partial charge in [-0.1, -0.05) is 30.9 Å². The molecule has 0 saturated heterocycles. The minimum atomic E-state index is -3.59. The van der Waals surface area contributed by atoms with E-state index in [2.05, 4.69) is 9.93 Å². The quantitative estimate of drug-likeness (QED) is 0.864. The molecule has 2 rings (SSSR count). The molecule has 0 atom stereocenters. The van der Waals surface area contributed by atoms with Crippen LogP contribution in [0.5, 0.6) is 0 Å². The van der Waals surface area contributed by atoms with E-state index in [4.69, 9.17) is 11.6 Å². The van der Waals surface area contributed by atoms with Gasteiger partial charge in [-0.2, -0.15) is 13.5 Å². The lowest BCUT2D eigenvalue weighted by molar-refractivity contribution is 0.581. The molecule has 4 nitrogen and oxygen atoms in total. The van der Waals surface area contributed by atoms with E-state index in [0.717, 1.165) is 31.4 Å². The van der Waals surface area contributed by atoms with Gasteiger partial charge >= 0.3 is 0 Å². The lowest BCUT2D eigenvalue weighted by Crippen LogP contribution is -2.20. The Labute approximate surface area is 125 Å². The summed E-state index contributed by atoms with van der Waals surface area (Å²) >= 11 is 5.75. The van der Waals surface area contributed by atoms with Crippen LogP contribution in [0.25, 0.3) is 0 Å². The molecular weight excluding hydrogens is 296 g/mol. The molecule has 0 bridgehead atoms. The van der Waals surface area contributed by atoms with Crippen LogP contribution >= 0.6 is 11.6 Å². The van der Waals surface area contributed by atoms with E-state index in [9.17, 15) is 8.42 Å². The monoisotopic (exact) mass is 314 g/mol. The predicted molar refractivity (Wildman–Crippen MR) is 81.5 cm³/mol. The zero-order chi connectivity index (χ0) is 14.4. The second-order valence-corrected chi connectivity index (χ2v) is 7.09. The minimum absolute atomic E-state index is 0.178. The van der Waals surface area contributed by atoms with Gasteiger partial charge in [0.25, 0.3) is 10.0 Å². The molecule has 0 radical (unpaired) electrons. The van der Waals surface area contributed by atoms with Gasteiger partial charge in [0, 0.05) is 10.7 Å². The van der Waals surface area contributed by atoms with E-state index in [1.54, 1.807) is 12.1 Å². The first-order valence-corrected chi connectivity index (χ1v) is 8.77. The van der Waals surface area contributed by atoms with Crippen molar-refractivity contribution in [1.82, 2.24) is 4.83 Å². The highest BCUT2D eigenvalue weighted by Crippen LogP contribution is 2.16. The third-order valence-electron chi connectivity index (χ3n) is 3.38. The molecule has 6 heteroatoms. The Morgan fingerprint density at radius 3 is 2.10 bits per heavy atom. The molecule has 1 N–H and O–H groups in total. The number of hydrazone groups is 1. The van der Waals surface area contributed by atoms with Gasteiger partial charge in [0.1, 0.15) is 0 Å². The van der Waals surface area contributed by atoms with Crippen molar-refractivity contribution < 1.29 is 8.42 Å². The van der Waals surface area contributed by atoms with E-state index in [-0.39, 0.29) is 4.90 Å². The molecule has 0 aromatic heterocycles. The summed E-state index contributed by atoms with van der Waals surface area (Å²) in [5.74, 6) is 0. The van der Waals surface area contributed by atoms with Crippen molar-refractivity contribution in [3.63, 3.8) is 0 Å². The summed E-state index contributed by atoms with van der Waals surface area (Å²) in [5, 5.41) is 4.61. The average Bonchev–Trinajstić information content (AvgIpc) is 2.38. The molecular formula is C14H19ClN2O2S. The fraction of sp³-hybridized carbons (Fsp3) is 0.500. The van der Waals surface area contributed by atoms with E-state index in [1.165, 1.54) is 31.4 Å². The van der Waals surface area contributed by atoms with Crippen molar-refractivity contribution in [2.75, 3.05) is 0 Å². The van der Waals surface area contributed by atoms with Gasteiger partial charge < -0.3 is 0 Å². The Bertz CT molecular complexity index is 557. The molecule has 1 fully saturated rings. The van der Waals surface area contributed by atoms with Crippen LogP contribution in [-0.4, -0.2) is 14.1 Å². The Morgan fingerprint density at radius 2 is 1.50 bits per heavy atom. The van der Waals surface area contributed by atoms with E-state index >= 15 is 0 Å². The Morgan fingerprint density at radius 1 is 0.950 bits per heavy atom. The first-order valence-electron chi connectivity index (χ1n) is 6.91. The molecule has 0 amide bonds. The summed E-state index contributed by atoms with van der Waals surface area (Å²) in [4.78, 5) is 2.51. The highest BCUT2D eigenvalue weighted by Gasteiger charge is 2.13. The van der Waals surface area contributed by atoms with Crippen molar-refractivity contribution in [2.45, 2.75) is 49.8 Å². The molecule has 1 saturated carbocycles. The van der Waals surface area contributed by atoms with Crippen LogP contribution in [0.3, 0.4) is 0 Å². The number of nitrogens with one attached hydrogen (secondary N) is 1. The number of hydrogen-bond acceptors (Lipinski definition) is 3. The number of hydrogen-bond donors (Lipinski definition) is 1. The maximum Gasteiger partial charge on any atom is 0.276 e. The minimum Gasteiger partial charge on any atom is -0.200 e. The molecule has 0 aliphatic heterocycles. The Hall–Kier alpha value is -1.07. The van der Waals surface area contributed by atoms with Crippen molar-refractivity contribution in [3.8, 4) is 0 Å². The van der Waals surface area contributed by atoms with Crippen LogP contribution in [0.15, 0.2) is 34.3 Å². The van der Waals surface area contributed by atoms with Gasteiger partial charge in [-0.25, -0.2) is 4.83 Å². The van der Waals surface area contributed by atoms with Crippen LogP contribution in [0.4, 0.5) is 0 Å². The van der Waals surface area contributed by atoms with Crippen LogP contribution in [-0.2, 0) is 10.0 Å². The van der Waals surface area contributed by atoms with E-state index < -0.39 is 10.0 Å². The molecule has 0 unspecified atom stereocenters. The number of rotatable bonds is 3. The maximum absolute atomic E-state index is 12.1. The molecule has 1 aliphatic rings. The first-order chi connectivity index (χ1) is 9.58. The van der Waals surface area contributed by atoms with Crippen LogP contribution < -0.4 is 4.83 Å². The summed E-state index contributed by atoms with van der Waals surface area (Å²) in [5.41, 5.74) is 0.947. The lowest BCUT2D eigenvalue weighted by Gasteiger charge is -2.11. The summed E-state index contributed by atoms with van der Waals surface area (Å²) < 4.78 is 24.2. The van der Waals surface area contributed by atoms with Crippen LogP contribution in [0, 0.1) is 0 Å². The topological polar surface area (TPSA) is 58.5 Å². The first kappa shape index (κ1) is 15.3. The second-order valence-electron chi connectivity index (χ2n) is 4.99. The summed E-state index contributed by atoms with van der Waals surface area (Å²) in [6, 6.07) is 6.06. The van der Waals surface area contributed by atoms with Gasteiger partial charge in [0.2, 0.25) is 0 Å². The van der Waals surface area contributed by atoms with Gasteiger partial charge in [-0.3, -0.25) is 0 Å². The third-order valence-corrected chi connectivity index (χ3v) is 4.85. The highest BCUT2D eigenvalue weighted by atomic mass is 35.5. The summed E-state index contributed by atoms with van der Waals surface area (Å²) in [6.45, 7) is 0. The van der Waals surface area contributed by atoms with E-state index in [1.807, 2.05) is 0 Å². The molecule has 1 aliphatic carbocycles. The summed E-state index contributed by atoms with van der Waals surface area (Å²) in [7, 11) is -3.59. The molecule has 0 heterocycles. The normalized spacial score (nSPS) is 17.1. The second kappa shape index (κ2) is 7.09. The highest BCUT2D eigenvalue weighted by molar-refractivity contribution is 7.89. The van der Waals surface area contributed by atoms with Gasteiger partial charge in [0.15, 0.2) is 0 Å². The van der Waals surface area contributed by atoms with E-state index in [0.29, 0.717) is 5.02 Å². The zero-order valence-corrected chi connectivity index (χ0v) is 12.9. The van der Waals surface area contributed by atoms with Crippen molar-refractivity contribution in [1.29, 1.82) is 0 Å². The van der Waals surface area contributed by atoms with Gasteiger partial charge in [-0.15, -0.1) is 0 Å². The SMILES string of the molecule is O=S(=O)(NN=C1CCCCCCC1)c1ccc(Cl)cc1. The number of nitrogens with zero attached hydrogens (tertiary/aromatic N) is 1. The van der Waals surface area contributed by atoms with Gasteiger partial charge in [0.05, 0.1) is 4.90 Å². The third kappa shape index (κ3) is 4.49. The van der Waals surface area contributed by atoms with Crippen LogP contribution in [0.1, 0.15) is 44.9 Å². The van der Waals surface area contributed by atoms with Crippen LogP contribution in [0.2, 0.25) is 5.02 Å². The smallest absolute Gasteiger partial charge is 0.200 e. The molecule has 1 aromatic carbocycles. The van der Waals surface area contributed by atoms with Crippen molar-refractivity contribution in [3.05, 3.63) is 29.3 Å². The molecule has 110 valence electrons. The zero-order valence-electron chi connectivity index (χ0n) is 11.3.